The van der Waals surface area contributed by atoms with E-state index in [4.69, 9.17) is 16.3 Å². The van der Waals surface area contributed by atoms with Gasteiger partial charge in [0, 0.05) is 17.3 Å². The van der Waals surface area contributed by atoms with Crippen molar-refractivity contribution in [3.05, 3.63) is 46.5 Å². The van der Waals surface area contributed by atoms with E-state index in [9.17, 15) is 9.59 Å². The first-order chi connectivity index (χ1) is 9.49. The smallest absolute Gasteiger partial charge is 0.339 e. The van der Waals surface area contributed by atoms with E-state index in [-0.39, 0.29) is 11.9 Å². The van der Waals surface area contributed by atoms with Gasteiger partial charge < -0.3 is 9.64 Å². The summed E-state index contributed by atoms with van der Waals surface area (Å²) in [5.74, 6) is -0.791. The van der Waals surface area contributed by atoms with Crippen molar-refractivity contribution in [3.8, 4) is 0 Å². The molecule has 0 saturated heterocycles. The maximum Gasteiger partial charge on any atom is 0.339 e. The molecule has 4 nitrogen and oxygen atoms in total. The predicted molar refractivity (Wildman–Crippen MR) is 79.4 cm³/mol. The van der Waals surface area contributed by atoms with Gasteiger partial charge in [-0.1, -0.05) is 29.4 Å². The lowest BCUT2D eigenvalue weighted by molar-refractivity contribution is -0.135. The quantitative estimate of drug-likeness (QED) is 0.804. The summed E-state index contributed by atoms with van der Waals surface area (Å²) in [7, 11) is 0. The van der Waals surface area contributed by atoms with Gasteiger partial charge in [0.25, 0.3) is 5.91 Å². The molecule has 0 radical (unpaired) electrons. The highest BCUT2D eigenvalue weighted by molar-refractivity contribution is 8.03. The first-order valence-electron chi connectivity index (χ1n) is 6.10. The van der Waals surface area contributed by atoms with E-state index in [1.165, 1.54) is 17.8 Å². The molecule has 1 atom stereocenters. The minimum absolute atomic E-state index is 0.0204. The summed E-state index contributed by atoms with van der Waals surface area (Å²) in [6, 6.07) is 6.46. The second-order valence-corrected chi connectivity index (χ2v) is 5.92. The fourth-order valence-corrected chi connectivity index (χ4v) is 2.63. The number of hydrogen-bond acceptors (Lipinski definition) is 4. The minimum atomic E-state index is -0.853. The maximum atomic E-state index is 12.2. The molecule has 2 rings (SSSR count). The lowest BCUT2D eigenvalue weighted by atomic mass is 10.2. The van der Waals surface area contributed by atoms with Crippen LogP contribution in [0.3, 0.4) is 0 Å². The summed E-state index contributed by atoms with van der Waals surface area (Å²) in [6.45, 7) is 3.79. The highest BCUT2D eigenvalue weighted by Gasteiger charge is 2.31. The Morgan fingerprint density at radius 2 is 2.20 bits per heavy atom. The van der Waals surface area contributed by atoms with Gasteiger partial charge in [-0.2, -0.15) is 0 Å². The molecule has 0 aliphatic carbocycles. The largest absolute Gasteiger partial charge is 0.437 e. The van der Waals surface area contributed by atoms with E-state index >= 15 is 0 Å². The number of esters is 1. The molecule has 1 aromatic carbocycles. The van der Waals surface area contributed by atoms with Gasteiger partial charge in [-0.05, 0) is 37.5 Å². The van der Waals surface area contributed by atoms with Gasteiger partial charge in [0.05, 0.1) is 5.56 Å². The van der Waals surface area contributed by atoms with Crippen molar-refractivity contribution in [2.75, 3.05) is 0 Å². The molecule has 1 aliphatic rings. The third kappa shape index (κ3) is 3.35. The molecule has 0 saturated carbocycles. The van der Waals surface area contributed by atoms with Crippen LogP contribution in [-0.4, -0.2) is 28.3 Å². The number of carbonyl (C=O) groups is 2. The Morgan fingerprint density at radius 1 is 1.45 bits per heavy atom. The number of thioether (sulfide) groups is 1. The molecule has 1 amide bonds. The molecule has 6 heteroatoms. The van der Waals surface area contributed by atoms with Crippen LogP contribution in [0.5, 0.6) is 0 Å². The molecule has 1 aromatic rings. The topological polar surface area (TPSA) is 46.6 Å². The van der Waals surface area contributed by atoms with Crippen molar-refractivity contribution in [2.24, 2.45) is 0 Å². The molecule has 0 aromatic heterocycles. The maximum absolute atomic E-state index is 12.2. The van der Waals surface area contributed by atoms with Crippen molar-refractivity contribution in [3.63, 3.8) is 0 Å². The Bertz CT molecular complexity index is 559. The van der Waals surface area contributed by atoms with Crippen LogP contribution in [0.4, 0.5) is 0 Å². The molecule has 0 spiro atoms. The van der Waals surface area contributed by atoms with Crippen LogP contribution < -0.4 is 0 Å². The van der Waals surface area contributed by atoms with Crippen LogP contribution in [0.2, 0.25) is 5.02 Å². The minimum Gasteiger partial charge on any atom is -0.437 e. The SMILES string of the molecule is CC(C)N1C=CSC(OC(=O)c2cccc(Cl)c2)C1=O. The van der Waals surface area contributed by atoms with Gasteiger partial charge in [-0.3, -0.25) is 4.79 Å². The second kappa shape index (κ2) is 6.33. The van der Waals surface area contributed by atoms with E-state index in [0.29, 0.717) is 10.6 Å². The summed E-state index contributed by atoms with van der Waals surface area (Å²) in [5, 5.41) is 2.20. The number of nitrogens with zero attached hydrogens (tertiary/aromatic N) is 1. The van der Waals surface area contributed by atoms with Crippen molar-refractivity contribution >= 4 is 35.2 Å². The van der Waals surface area contributed by atoms with E-state index in [1.54, 1.807) is 34.7 Å². The van der Waals surface area contributed by atoms with E-state index in [2.05, 4.69) is 0 Å². The van der Waals surface area contributed by atoms with Gasteiger partial charge in [-0.15, -0.1) is 0 Å². The highest BCUT2D eigenvalue weighted by atomic mass is 35.5. The standard InChI is InChI=1S/C14H14ClNO3S/c1-9(2)16-6-7-20-14(12(16)17)19-13(18)10-4-3-5-11(15)8-10/h3-9,14H,1-2H3. The Labute approximate surface area is 126 Å². The molecular formula is C14H14ClNO3S. The predicted octanol–water partition coefficient (Wildman–Crippen LogP) is 3.28. The van der Waals surface area contributed by atoms with Crippen LogP contribution in [0.15, 0.2) is 35.9 Å². The fourth-order valence-electron chi connectivity index (χ4n) is 1.71. The number of amides is 1. The number of hydrogen-bond donors (Lipinski definition) is 0. The summed E-state index contributed by atoms with van der Waals surface area (Å²) >= 11 is 7.00. The zero-order valence-corrected chi connectivity index (χ0v) is 12.6. The fraction of sp³-hybridized carbons (Fsp3) is 0.286. The third-order valence-electron chi connectivity index (χ3n) is 2.71. The molecule has 0 N–H and O–H groups in total. The molecule has 1 heterocycles. The number of halogens is 1. The van der Waals surface area contributed by atoms with E-state index in [0.717, 1.165) is 0 Å². The average molecular weight is 312 g/mol. The molecule has 1 aliphatic heterocycles. The number of carbonyl (C=O) groups excluding carboxylic acids is 2. The molecule has 20 heavy (non-hydrogen) atoms. The van der Waals surface area contributed by atoms with Crippen molar-refractivity contribution < 1.29 is 14.3 Å². The lowest BCUT2D eigenvalue weighted by Gasteiger charge is -2.29. The van der Waals surface area contributed by atoms with Crippen LogP contribution >= 0.6 is 23.4 Å². The molecule has 106 valence electrons. The van der Waals surface area contributed by atoms with Crippen molar-refractivity contribution in [1.82, 2.24) is 4.90 Å². The second-order valence-electron chi connectivity index (χ2n) is 4.51. The summed E-state index contributed by atoms with van der Waals surface area (Å²) in [4.78, 5) is 25.7. The van der Waals surface area contributed by atoms with Gasteiger partial charge in [0.2, 0.25) is 5.44 Å². The summed E-state index contributed by atoms with van der Waals surface area (Å²) in [5.41, 5.74) is -0.523. The molecular weight excluding hydrogens is 298 g/mol. The number of ether oxygens (including phenoxy) is 1. The monoisotopic (exact) mass is 311 g/mol. The van der Waals surface area contributed by atoms with Crippen molar-refractivity contribution in [2.45, 2.75) is 25.3 Å². The lowest BCUT2D eigenvalue weighted by Crippen LogP contribution is -2.42. The van der Waals surface area contributed by atoms with Gasteiger partial charge in [0.1, 0.15) is 0 Å². The van der Waals surface area contributed by atoms with E-state index in [1.807, 2.05) is 13.8 Å². The van der Waals surface area contributed by atoms with E-state index < -0.39 is 11.4 Å². The van der Waals surface area contributed by atoms with Crippen LogP contribution in [0.1, 0.15) is 24.2 Å². The average Bonchev–Trinajstić information content (AvgIpc) is 2.40. The highest BCUT2D eigenvalue weighted by Crippen LogP contribution is 2.25. The molecule has 0 bridgehead atoms. The normalized spacial score (nSPS) is 18.5. The Morgan fingerprint density at radius 3 is 2.85 bits per heavy atom. The number of rotatable bonds is 3. The van der Waals surface area contributed by atoms with Gasteiger partial charge in [-0.25, -0.2) is 4.79 Å². The summed E-state index contributed by atoms with van der Waals surface area (Å²) < 4.78 is 5.25. The third-order valence-corrected chi connectivity index (χ3v) is 3.77. The van der Waals surface area contributed by atoms with Crippen molar-refractivity contribution in [1.29, 1.82) is 0 Å². The Hall–Kier alpha value is -1.46. The Kier molecular flexibility index (Phi) is 4.73. The summed E-state index contributed by atoms with van der Waals surface area (Å²) in [6.07, 6.45) is 1.70. The molecule has 0 fully saturated rings. The number of benzene rings is 1. The van der Waals surface area contributed by atoms with Crippen LogP contribution in [0.25, 0.3) is 0 Å². The zero-order chi connectivity index (χ0) is 14.7. The van der Waals surface area contributed by atoms with Crippen LogP contribution in [0, 0.1) is 0 Å². The zero-order valence-electron chi connectivity index (χ0n) is 11.1. The first kappa shape index (κ1) is 14.9. The first-order valence-corrected chi connectivity index (χ1v) is 7.42. The van der Waals surface area contributed by atoms with Gasteiger partial charge in [0.15, 0.2) is 0 Å². The molecule has 1 unspecified atom stereocenters. The Balaban J connectivity index is 2.09. The van der Waals surface area contributed by atoms with Crippen LogP contribution in [-0.2, 0) is 9.53 Å². The van der Waals surface area contributed by atoms with Gasteiger partial charge >= 0.3 is 5.97 Å².